The van der Waals surface area contributed by atoms with Crippen molar-refractivity contribution >= 4 is 15.9 Å². The zero-order chi connectivity index (χ0) is 11.2. The molecule has 3 heteroatoms. The van der Waals surface area contributed by atoms with Gasteiger partial charge in [-0.3, -0.25) is 0 Å². The van der Waals surface area contributed by atoms with Gasteiger partial charge in [0, 0.05) is 0 Å². The molecule has 1 aromatic rings. The Morgan fingerprint density at radius 3 is 2.60 bits per heavy atom. The zero-order valence-corrected chi connectivity index (χ0v) is 10.5. The minimum absolute atomic E-state index is 0.207. The summed E-state index contributed by atoms with van der Waals surface area (Å²) in [6.45, 7) is 5.13. The molecule has 15 heavy (non-hydrogen) atoms. The lowest BCUT2D eigenvalue weighted by atomic mass is 10.0. The molecule has 1 saturated carbocycles. The van der Waals surface area contributed by atoms with Crippen LogP contribution >= 0.6 is 15.9 Å². The van der Waals surface area contributed by atoms with E-state index in [0.717, 1.165) is 0 Å². The summed E-state index contributed by atoms with van der Waals surface area (Å²) in [6, 6.07) is 5.25. The van der Waals surface area contributed by atoms with Crippen molar-refractivity contribution in [1.29, 1.82) is 0 Å². The molecular weight excluding hydrogens is 257 g/mol. The van der Waals surface area contributed by atoms with Crippen molar-refractivity contribution in [2.45, 2.75) is 19.8 Å². The Morgan fingerprint density at radius 2 is 2.13 bits per heavy atom. The van der Waals surface area contributed by atoms with Crippen LogP contribution in [0, 0.1) is 17.2 Å². The van der Waals surface area contributed by atoms with Crippen LogP contribution in [0.1, 0.15) is 25.3 Å². The number of hydrogen-bond donors (Lipinski definition) is 1. The summed E-state index contributed by atoms with van der Waals surface area (Å²) in [5.41, 5.74) is 7.16. The van der Waals surface area contributed by atoms with Crippen molar-refractivity contribution in [3.8, 4) is 0 Å². The van der Waals surface area contributed by atoms with Crippen LogP contribution in [-0.2, 0) is 0 Å². The first-order chi connectivity index (χ1) is 6.98. The standard InChI is InChI=1S/C12H15BrFN/c1-12(2)8(6-15)11(12)7-3-4-10(14)9(13)5-7/h3-5,8,11H,6,15H2,1-2H3/t8-,11-/m0/s1. The van der Waals surface area contributed by atoms with Crippen LogP contribution in [0.4, 0.5) is 4.39 Å². The quantitative estimate of drug-likeness (QED) is 0.878. The second-order valence-electron chi connectivity index (χ2n) is 4.81. The van der Waals surface area contributed by atoms with Gasteiger partial charge < -0.3 is 5.73 Å². The van der Waals surface area contributed by atoms with Crippen molar-refractivity contribution in [2.24, 2.45) is 17.1 Å². The van der Waals surface area contributed by atoms with Gasteiger partial charge in [0.25, 0.3) is 0 Å². The van der Waals surface area contributed by atoms with Gasteiger partial charge in [-0.15, -0.1) is 0 Å². The van der Waals surface area contributed by atoms with E-state index in [1.807, 2.05) is 12.1 Å². The predicted octanol–water partition coefficient (Wildman–Crippen LogP) is 3.29. The van der Waals surface area contributed by atoms with E-state index in [1.54, 1.807) is 0 Å². The Balaban J connectivity index is 2.29. The van der Waals surface area contributed by atoms with Gasteiger partial charge in [-0.05, 0) is 57.4 Å². The largest absolute Gasteiger partial charge is 0.330 e. The average Bonchev–Trinajstić information content (AvgIpc) is 2.73. The second kappa shape index (κ2) is 3.56. The molecule has 0 amide bonds. The maximum Gasteiger partial charge on any atom is 0.137 e. The minimum atomic E-state index is -0.207. The van der Waals surface area contributed by atoms with E-state index in [0.29, 0.717) is 22.9 Å². The molecular formula is C12H15BrFN. The molecule has 1 aromatic carbocycles. The van der Waals surface area contributed by atoms with Gasteiger partial charge in [0.1, 0.15) is 5.82 Å². The first kappa shape index (κ1) is 11.1. The predicted molar refractivity (Wildman–Crippen MR) is 63.2 cm³/mol. The normalized spacial score (nSPS) is 27.8. The summed E-state index contributed by atoms with van der Waals surface area (Å²) in [5, 5.41) is 0. The van der Waals surface area contributed by atoms with E-state index in [2.05, 4.69) is 29.8 Å². The highest BCUT2D eigenvalue weighted by molar-refractivity contribution is 9.10. The third-order valence-corrected chi connectivity index (χ3v) is 4.21. The van der Waals surface area contributed by atoms with Gasteiger partial charge in [0.05, 0.1) is 4.47 Å². The molecule has 1 nitrogen and oxygen atoms in total. The third-order valence-electron chi connectivity index (χ3n) is 3.61. The lowest BCUT2D eigenvalue weighted by Crippen LogP contribution is -2.05. The van der Waals surface area contributed by atoms with Crippen LogP contribution < -0.4 is 5.73 Å². The lowest BCUT2D eigenvalue weighted by Gasteiger charge is -2.04. The summed E-state index contributed by atoms with van der Waals surface area (Å²) < 4.78 is 13.6. The fraction of sp³-hybridized carbons (Fsp3) is 0.500. The maximum absolute atomic E-state index is 13.1. The molecule has 2 N–H and O–H groups in total. The van der Waals surface area contributed by atoms with Crippen LogP contribution in [0.2, 0.25) is 0 Å². The number of nitrogens with two attached hydrogens (primary N) is 1. The fourth-order valence-corrected chi connectivity index (χ4v) is 2.95. The van der Waals surface area contributed by atoms with Gasteiger partial charge in [0.2, 0.25) is 0 Å². The molecule has 0 unspecified atom stereocenters. The highest BCUT2D eigenvalue weighted by atomic mass is 79.9. The Kier molecular flexibility index (Phi) is 2.63. The molecule has 0 aliphatic heterocycles. The van der Waals surface area contributed by atoms with Gasteiger partial charge in [0.15, 0.2) is 0 Å². The number of benzene rings is 1. The van der Waals surface area contributed by atoms with Crippen molar-refractivity contribution in [3.63, 3.8) is 0 Å². The summed E-state index contributed by atoms with van der Waals surface area (Å²) in [4.78, 5) is 0. The Bertz CT molecular complexity index is 389. The summed E-state index contributed by atoms with van der Waals surface area (Å²) in [5.74, 6) is 0.788. The topological polar surface area (TPSA) is 26.0 Å². The van der Waals surface area contributed by atoms with Crippen LogP contribution in [0.25, 0.3) is 0 Å². The van der Waals surface area contributed by atoms with Gasteiger partial charge in [-0.2, -0.15) is 0 Å². The second-order valence-corrected chi connectivity index (χ2v) is 5.67. The Labute approximate surface area is 98.0 Å². The molecule has 1 aliphatic carbocycles. The first-order valence-electron chi connectivity index (χ1n) is 5.13. The number of rotatable bonds is 2. The van der Waals surface area contributed by atoms with Gasteiger partial charge in [-0.25, -0.2) is 4.39 Å². The van der Waals surface area contributed by atoms with E-state index in [4.69, 9.17) is 5.73 Å². The molecule has 2 atom stereocenters. The van der Waals surface area contributed by atoms with Crippen molar-refractivity contribution in [2.75, 3.05) is 6.54 Å². The average molecular weight is 272 g/mol. The van der Waals surface area contributed by atoms with E-state index < -0.39 is 0 Å². The van der Waals surface area contributed by atoms with Gasteiger partial charge >= 0.3 is 0 Å². The Morgan fingerprint density at radius 1 is 1.47 bits per heavy atom. The van der Waals surface area contributed by atoms with Crippen LogP contribution in [0.15, 0.2) is 22.7 Å². The van der Waals surface area contributed by atoms with Crippen molar-refractivity contribution in [3.05, 3.63) is 34.1 Å². The fourth-order valence-electron chi connectivity index (χ4n) is 2.55. The van der Waals surface area contributed by atoms with Gasteiger partial charge in [-0.1, -0.05) is 19.9 Å². The van der Waals surface area contributed by atoms with Crippen LogP contribution in [0.3, 0.4) is 0 Å². The molecule has 2 rings (SSSR count). The molecule has 0 radical (unpaired) electrons. The minimum Gasteiger partial charge on any atom is -0.330 e. The van der Waals surface area contributed by atoms with Crippen molar-refractivity contribution in [1.82, 2.24) is 0 Å². The van der Waals surface area contributed by atoms with Crippen LogP contribution in [0.5, 0.6) is 0 Å². The van der Waals surface area contributed by atoms with E-state index in [9.17, 15) is 4.39 Å². The summed E-state index contributed by atoms with van der Waals surface area (Å²) >= 11 is 3.22. The van der Waals surface area contributed by atoms with E-state index in [-0.39, 0.29) is 11.2 Å². The molecule has 0 heterocycles. The third kappa shape index (κ3) is 1.72. The zero-order valence-electron chi connectivity index (χ0n) is 8.93. The molecule has 0 saturated heterocycles. The number of hydrogen-bond acceptors (Lipinski definition) is 1. The van der Waals surface area contributed by atoms with E-state index in [1.165, 1.54) is 11.6 Å². The SMILES string of the molecule is CC1(C)[C@@H](CN)[C@@H]1c1ccc(F)c(Br)c1. The molecule has 82 valence electrons. The summed E-state index contributed by atoms with van der Waals surface area (Å²) in [6.07, 6.45) is 0. The molecule has 1 aliphatic rings. The van der Waals surface area contributed by atoms with Crippen molar-refractivity contribution < 1.29 is 4.39 Å². The molecule has 0 aromatic heterocycles. The molecule has 1 fully saturated rings. The smallest absolute Gasteiger partial charge is 0.137 e. The highest BCUT2D eigenvalue weighted by Crippen LogP contribution is 2.63. The number of halogens is 2. The molecule has 0 spiro atoms. The first-order valence-corrected chi connectivity index (χ1v) is 5.92. The summed E-state index contributed by atoms with van der Waals surface area (Å²) in [7, 11) is 0. The van der Waals surface area contributed by atoms with E-state index >= 15 is 0 Å². The Hall–Kier alpha value is -0.410. The lowest BCUT2D eigenvalue weighted by molar-refractivity contribution is 0.558. The monoisotopic (exact) mass is 271 g/mol. The maximum atomic E-state index is 13.1. The van der Waals surface area contributed by atoms with Crippen LogP contribution in [-0.4, -0.2) is 6.54 Å². The molecule has 0 bridgehead atoms. The highest BCUT2D eigenvalue weighted by Gasteiger charge is 2.57.